The van der Waals surface area contributed by atoms with Crippen LogP contribution < -0.4 is 19.3 Å². The smallest absolute Gasteiger partial charge is 0.393 e. The van der Waals surface area contributed by atoms with Crippen LogP contribution in [0.4, 0.5) is 24.5 Å². The Kier molecular flexibility index (Phi) is 8.77. The van der Waals surface area contributed by atoms with Crippen molar-refractivity contribution < 1.29 is 37.3 Å². The van der Waals surface area contributed by atoms with E-state index in [1.54, 1.807) is 50.7 Å². The Morgan fingerprint density at radius 3 is 2.58 bits per heavy atom. The van der Waals surface area contributed by atoms with Gasteiger partial charge in [0.25, 0.3) is 0 Å². The molecule has 2 unspecified atom stereocenters. The maximum atomic E-state index is 13.4. The lowest BCUT2D eigenvalue weighted by molar-refractivity contribution is -0.169. The van der Waals surface area contributed by atoms with Gasteiger partial charge in [0, 0.05) is 56.9 Å². The van der Waals surface area contributed by atoms with E-state index >= 15 is 0 Å². The number of carboxylic acids is 1. The molecule has 2 fully saturated rings. The molecule has 4 atom stereocenters. The van der Waals surface area contributed by atoms with Crippen molar-refractivity contribution in [3.05, 3.63) is 41.6 Å². The van der Waals surface area contributed by atoms with Crippen molar-refractivity contribution in [1.29, 1.82) is 0 Å². The van der Waals surface area contributed by atoms with Gasteiger partial charge in [-0.1, -0.05) is 11.6 Å². The predicted octanol–water partition coefficient (Wildman–Crippen LogP) is 4.90. The van der Waals surface area contributed by atoms with Gasteiger partial charge >= 0.3 is 12.1 Å². The SMILES string of the molecule is COCC1CN(c2cc(OC)ncc2Cl)CCC1Oc1ccc(N2C[C@H](C(F)(F)F)C[C@@H]2CC(=O)O)cc1. The minimum absolute atomic E-state index is 0.0229. The highest BCUT2D eigenvalue weighted by Gasteiger charge is 2.48. The van der Waals surface area contributed by atoms with Crippen LogP contribution in [0.5, 0.6) is 11.6 Å². The number of piperidine rings is 1. The molecule has 12 heteroatoms. The molecule has 8 nitrogen and oxygen atoms in total. The van der Waals surface area contributed by atoms with Crippen LogP contribution in [0.2, 0.25) is 5.02 Å². The highest BCUT2D eigenvalue weighted by molar-refractivity contribution is 6.33. The molecule has 4 rings (SSSR count). The number of nitrogens with zero attached hydrogens (tertiary/aromatic N) is 3. The van der Waals surface area contributed by atoms with E-state index in [1.807, 2.05) is 0 Å². The Labute approximate surface area is 224 Å². The van der Waals surface area contributed by atoms with Crippen molar-refractivity contribution in [2.45, 2.75) is 37.6 Å². The number of hydrogen-bond donors (Lipinski definition) is 1. The number of aliphatic carboxylic acids is 1. The Hall–Kier alpha value is -2.92. The maximum Gasteiger partial charge on any atom is 0.393 e. The number of hydrogen-bond acceptors (Lipinski definition) is 7. The van der Waals surface area contributed by atoms with E-state index in [2.05, 4.69) is 9.88 Å². The second-order valence-electron chi connectivity index (χ2n) is 9.66. The summed E-state index contributed by atoms with van der Waals surface area (Å²) in [4.78, 5) is 19.1. The highest BCUT2D eigenvalue weighted by atomic mass is 35.5. The van der Waals surface area contributed by atoms with Gasteiger partial charge in [-0.05, 0) is 30.7 Å². The number of methoxy groups -OCH3 is 2. The number of anilines is 2. The summed E-state index contributed by atoms with van der Waals surface area (Å²) < 4.78 is 57.1. The molecule has 3 heterocycles. The summed E-state index contributed by atoms with van der Waals surface area (Å²) in [6, 6.07) is 7.88. The van der Waals surface area contributed by atoms with Crippen LogP contribution in [-0.2, 0) is 9.53 Å². The van der Waals surface area contributed by atoms with E-state index in [9.17, 15) is 23.1 Å². The first-order valence-corrected chi connectivity index (χ1v) is 12.7. The summed E-state index contributed by atoms with van der Waals surface area (Å²) in [5.74, 6) is -1.61. The normalized spacial score (nSPS) is 23.9. The molecule has 2 saturated heterocycles. The molecule has 208 valence electrons. The van der Waals surface area contributed by atoms with E-state index < -0.39 is 24.1 Å². The first-order valence-electron chi connectivity index (χ1n) is 12.3. The van der Waals surface area contributed by atoms with Gasteiger partial charge in [-0.2, -0.15) is 13.2 Å². The third kappa shape index (κ3) is 6.55. The van der Waals surface area contributed by atoms with Crippen molar-refractivity contribution in [2.24, 2.45) is 11.8 Å². The van der Waals surface area contributed by atoms with Crippen molar-refractivity contribution in [3.8, 4) is 11.6 Å². The lowest BCUT2D eigenvalue weighted by Crippen LogP contribution is -2.47. The summed E-state index contributed by atoms with van der Waals surface area (Å²) in [6.45, 7) is 1.51. The monoisotopic (exact) mass is 557 g/mol. The van der Waals surface area contributed by atoms with Gasteiger partial charge in [0.15, 0.2) is 0 Å². The number of halogens is 4. The second-order valence-corrected chi connectivity index (χ2v) is 10.1. The molecule has 0 radical (unpaired) electrons. The van der Waals surface area contributed by atoms with Gasteiger partial charge in [-0.3, -0.25) is 4.79 Å². The first kappa shape index (κ1) is 28.1. The third-order valence-electron chi connectivity index (χ3n) is 7.15. The molecule has 0 saturated carbocycles. The summed E-state index contributed by atoms with van der Waals surface area (Å²) in [6.07, 6.45) is -2.86. The van der Waals surface area contributed by atoms with Crippen LogP contribution >= 0.6 is 11.6 Å². The van der Waals surface area contributed by atoms with Crippen LogP contribution in [0.1, 0.15) is 19.3 Å². The van der Waals surface area contributed by atoms with Crippen molar-refractivity contribution in [2.75, 3.05) is 50.3 Å². The van der Waals surface area contributed by atoms with Crippen molar-refractivity contribution in [3.63, 3.8) is 0 Å². The zero-order valence-corrected chi connectivity index (χ0v) is 21.9. The summed E-state index contributed by atoms with van der Waals surface area (Å²) >= 11 is 6.40. The zero-order valence-electron chi connectivity index (χ0n) is 21.2. The van der Waals surface area contributed by atoms with Crippen molar-refractivity contribution >= 4 is 28.9 Å². The lowest BCUT2D eigenvalue weighted by Gasteiger charge is -2.39. The molecule has 0 aliphatic carbocycles. The fourth-order valence-corrected chi connectivity index (χ4v) is 5.50. The van der Waals surface area contributed by atoms with Gasteiger partial charge in [0.2, 0.25) is 5.88 Å². The number of aromatic nitrogens is 1. The number of rotatable bonds is 9. The molecule has 0 spiro atoms. The average Bonchev–Trinajstić information content (AvgIpc) is 3.30. The summed E-state index contributed by atoms with van der Waals surface area (Å²) in [5.41, 5.74) is 1.36. The van der Waals surface area contributed by atoms with Gasteiger partial charge < -0.3 is 29.1 Å². The quantitative estimate of drug-likeness (QED) is 0.466. The summed E-state index contributed by atoms with van der Waals surface area (Å²) in [7, 11) is 3.18. The number of alkyl halides is 3. The van der Waals surface area contributed by atoms with E-state index in [1.165, 1.54) is 4.90 Å². The van der Waals surface area contributed by atoms with E-state index in [-0.39, 0.29) is 31.4 Å². The predicted molar refractivity (Wildman–Crippen MR) is 136 cm³/mol. The largest absolute Gasteiger partial charge is 0.490 e. The molecule has 1 N–H and O–H groups in total. The van der Waals surface area contributed by atoms with Gasteiger partial charge in [-0.25, -0.2) is 4.98 Å². The van der Waals surface area contributed by atoms with Gasteiger partial charge in [0.1, 0.15) is 11.9 Å². The number of pyridine rings is 1. The topological polar surface area (TPSA) is 84.4 Å². The Bertz CT molecular complexity index is 1100. The van der Waals surface area contributed by atoms with E-state index in [4.69, 9.17) is 25.8 Å². The van der Waals surface area contributed by atoms with Crippen molar-refractivity contribution in [1.82, 2.24) is 4.98 Å². The average molecular weight is 558 g/mol. The standard InChI is InChI=1S/C26H31ClF3N3O5/c1-36-15-16-13-32(22-11-24(37-2)31-12-21(22)27)8-7-23(16)38-20-5-3-18(4-6-20)33-14-17(26(28,29)30)9-19(33)10-25(34)35/h3-6,11-12,16-17,19,23H,7-10,13-15H2,1-2H3,(H,34,35)/t16?,17-,19-,23?/m1/s1. The lowest BCUT2D eigenvalue weighted by atomic mass is 9.94. The molecule has 1 aromatic carbocycles. The van der Waals surface area contributed by atoms with Gasteiger partial charge in [0.05, 0.1) is 43.0 Å². The maximum absolute atomic E-state index is 13.4. The minimum atomic E-state index is -4.37. The minimum Gasteiger partial charge on any atom is -0.490 e. The number of ether oxygens (including phenoxy) is 3. The van der Waals surface area contributed by atoms with Crippen LogP contribution in [0.25, 0.3) is 0 Å². The molecule has 2 aliphatic rings. The fraction of sp³-hybridized carbons (Fsp3) is 0.538. The molecule has 2 aliphatic heterocycles. The van der Waals surface area contributed by atoms with Gasteiger partial charge in [-0.15, -0.1) is 0 Å². The number of benzene rings is 1. The van der Waals surface area contributed by atoms with E-state index in [0.717, 1.165) is 5.69 Å². The summed E-state index contributed by atoms with van der Waals surface area (Å²) in [5, 5.41) is 9.72. The van der Waals surface area contributed by atoms with Crippen LogP contribution in [0.15, 0.2) is 36.5 Å². The Balaban J connectivity index is 1.44. The van der Waals surface area contributed by atoms with E-state index in [0.29, 0.717) is 48.5 Å². The molecular formula is C26H31ClF3N3O5. The molecule has 0 bridgehead atoms. The second kappa shape index (κ2) is 11.9. The third-order valence-corrected chi connectivity index (χ3v) is 7.44. The number of carbonyl (C=O) groups is 1. The molecule has 2 aromatic rings. The van der Waals surface area contributed by atoms with Crippen LogP contribution in [0, 0.1) is 11.8 Å². The Morgan fingerprint density at radius 1 is 1.21 bits per heavy atom. The molecule has 1 aromatic heterocycles. The highest BCUT2D eigenvalue weighted by Crippen LogP contribution is 2.40. The van der Waals surface area contributed by atoms with Crippen LogP contribution in [0.3, 0.4) is 0 Å². The molecule has 0 amide bonds. The number of carboxylic acid groups (broad SMARTS) is 1. The van der Waals surface area contributed by atoms with Crippen LogP contribution in [-0.4, -0.2) is 74.8 Å². The zero-order chi connectivity index (χ0) is 27.4. The Morgan fingerprint density at radius 2 is 1.95 bits per heavy atom. The fourth-order valence-electron chi connectivity index (χ4n) is 5.28. The molecule has 38 heavy (non-hydrogen) atoms. The first-order chi connectivity index (χ1) is 18.1. The molecular weight excluding hydrogens is 527 g/mol.